The molecule has 0 aliphatic rings. The minimum atomic E-state index is -0.179. The molecule has 0 saturated heterocycles. The quantitative estimate of drug-likeness (QED) is 0.326. The molecule has 2 rings (SSSR count). The van der Waals surface area contributed by atoms with Gasteiger partial charge in [0.15, 0.2) is 5.96 Å². The largest absolute Gasteiger partial charge is 0.356 e. The lowest BCUT2D eigenvalue weighted by Crippen LogP contribution is -2.38. The second-order valence-corrected chi connectivity index (χ2v) is 7.31. The number of rotatable bonds is 8. The van der Waals surface area contributed by atoms with E-state index in [1.165, 1.54) is 18.6 Å². The summed E-state index contributed by atoms with van der Waals surface area (Å²) >= 11 is 3.27. The highest BCUT2D eigenvalue weighted by Gasteiger charge is 2.03. The summed E-state index contributed by atoms with van der Waals surface area (Å²) in [7, 11) is 1.73. The van der Waals surface area contributed by atoms with Crippen LogP contribution in [-0.4, -0.2) is 32.0 Å². The molecule has 0 atom stereocenters. The van der Waals surface area contributed by atoms with Crippen molar-refractivity contribution in [2.45, 2.75) is 26.2 Å². The van der Waals surface area contributed by atoms with Crippen molar-refractivity contribution in [1.82, 2.24) is 10.6 Å². The van der Waals surface area contributed by atoms with Crippen molar-refractivity contribution in [3.8, 4) is 0 Å². The maximum absolute atomic E-state index is 13.8. The summed E-state index contributed by atoms with van der Waals surface area (Å²) in [5.74, 6) is 0.472. The molecule has 5 nitrogen and oxygen atoms in total. The Labute approximate surface area is 174 Å². The SMILES string of the molecule is CN=C(NCCCc1ccc(Br)cc1F)NCCc1ccc(NC(C)=O)cc1. The number of aliphatic imine (C=N–C) groups is 1. The molecular weight excluding hydrogens is 423 g/mol. The van der Waals surface area contributed by atoms with Gasteiger partial charge in [0, 0.05) is 37.2 Å². The number of nitrogens with one attached hydrogen (secondary N) is 3. The van der Waals surface area contributed by atoms with Gasteiger partial charge in [-0.1, -0.05) is 34.1 Å². The van der Waals surface area contributed by atoms with E-state index in [0.717, 1.165) is 41.1 Å². The maximum atomic E-state index is 13.8. The van der Waals surface area contributed by atoms with E-state index < -0.39 is 0 Å². The molecule has 1 amide bonds. The third kappa shape index (κ3) is 7.68. The second kappa shape index (κ2) is 11.4. The number of guanidine groups is 1. The molecule has 0 radical (unpaired) electrons. The highest BCUT2D eigenvalue weighted by Crippen LogP contribution is 2.16. The molecule has 0 unspecified atom stereocenters. The van der Waals surface area contributed by atoms with Crippen LogP contribution in [0.25, 0.3) is 0 Å². The first-order valence-electron chi connectivity index (χ1n) is 9.23. The molecule has 7 heteroatoms. The van der Waals surface area contributed by atoms with E-state index in [9.17, 15) is 9.18 Å². The Bertz CT molecular complexity index is 809. The topological polar surface area (TPSA) is 65.5 Å². The molecule has 0 fully saturated rings. The number of hydrogen-bond donors (Lipinski definition) is 3. The van der Waals surface area contributed by atoms with Gasteiger partial charge in [-0.15, -0.1) is 0 Å². The molecule has 0 aliphatic carbocycles. The lowest BCUT2D eigenvalue weighted by Gasteiger charge is -2.12. The number of carbonyl (C=O) groups is 1. The average Bonchev–Trinajstić information content (AvgIpc) is 2.66. The van der Waals surface area contributed by atoms with Gasteiger partial charge in [0.2, 0.25) is 5.91 Å². The molecule has 2 aromatic carbocycles. The normalized spacial score (nSPS) is 11.2. The van der Waals surface area contributed by atoms with E-state index in [1.54, 1.807) is 7.05 Å². The maximum Gasteiger partial charge on any atom is 0.221 e. The van der Waals surface area contributed by atoms with Crippen molar-refractivity contribution in [3.63, 3.8) is 0 Å². The second-order valence-electron chi connectivity index (χ2n) is 6.39. The summed E-state index contributed by atoms with van der Waals surface area (Å²) < 4.78 is 14.6. The molecule has 0 heterocycles. The number of hydrogen-bond acceptors (Lipinski definition) is 2. The molecule has 0 aliphatic heterocycles. The van der Waals surface area contributed by atoms with Gasteiger partial charge in [-0.05, 0) is 54.7 Å². The number of halogens is 2. The van der Waals surface area contributed by atoms with Crippen molar-refractivity contribution in [3.05, 3.63) is 63.9 Å². The fourth-order valence-electron chi connectivity index (χ4n) is 2.71. The van der Waals surface area contributed by atoms with Crippen LogP contribution in [0.5, 0.6) is 0 Å². The van der Waals surface area contributed by atoms with Crippen molar-refractivity contribution in [2.24, 2.45) is 4.99 Å². The van der Waals surface area contributed by atoms with Crippen LogP contribution in [0.15, 0.2) is 51.9 Å². The van der Waals surface area contributed by atoms with Crippen LogP contribution in [0, 0.1) is 5.82 Å². The Hall–Kier alpha value is -2.41. The van der Waals surface area contributed by atoms with E-state index in [2.05, 4.69) is 36.9 Å². The number of anilines is 1. The van der Waals surface area contributed by atoms with Crippen LogP contribution in [0.3, 0.4) is 0 Å². The Kier molecular flexibility index (Phi) is 8.94. The number of benzene rings is 2. The predicted molar refractivity (Wildman–Crippen MR) is 116 cm³/mol. The van der Waals surface area contributed by atoms with Crippen molar-refractivity contribution < 1.29 is 9.18 Å². The highest BCUT2D eigenvalue weighted by atomic mass is 79.9. The standard InChI is InChI=1S/C21H26BrFN4O/c1-15(28)27-19-9-5-16(6-10-19)11-13-26-21(24-2)25-12-3-4-17-7-8-18(22)14-20(17)23/h5-10,14H,3-4,11-13H2,1-2H3,(H,27,28)(H2,24,25,26). The molecular formula is C21H26BrFN4O. The van der Waals surface area contributed by atoms with Crippen molar-refractivity contribution in [2.75, 3.05) is 25.5 Å². The average molecular weight is 449 g/mol. The molecule has 150 valence electrons. The summed E-state index contributed by atoms with van der Waals surface area (Å²) in [4.78, 5) is 15.2. The van der Waals surface area contributed by atoms with Crippen molar-refractivity contribution in [1.29, 1.82) is 0 Å². The molecule has 0 bridgehead atoms. The van der Waals surface area contributed by atoms with Gasteiger partial charge < -0.3 is 16.0 Å². The van der Waals surface area contributed by atoms with Crippen molar-refractivity contribution >= 4 is 33.5 Å². The highest BCUT2D eigenvalue weighted by molar-refractivity contribution is 9.10. The van der Waals surface area contributed by atoms with E-state index in [4.69, 9.17) is 0 Å². The Morgan fingerprint density at radius 2 is 1.79 bits per heavy atom. The Morgan fingerprint density at radius 1 is 1.07 bits per heavy atom. The van der Waals surface area contributed by atoms with Crippen LogP contribution >= 0.6 is 15.9 Å². The first-order valence-corrected chi connectivity index (χ1v) is 10.0. The Morgan fingerprint density at radius 3 is 2.43 bits per heavy atom. The van der Waals surface area contributed by atoms with Gasteiger partial charge in [-0.2, -0.15) is 0 Å². The molecule has 3 N–H and O–H groups in total. The van der Waals surface area contributed by atoms with Crippen LogP contribution in [0.2, 0.25) is 0 Å². The molecule has 0 aromatic heterocycles. The summed E-state index contributed by atoms with van der Waals surface area (Å²) in [5.41, 5.74) is 2.68. The molecule has 0 saturated carbocycles. The van der Waals surface area contributed by atoms with Gasteiger partial charge in [-0.3, -0.25) is 9.79 Å². The van der Waals surface area contributed by atoms with Crippen LogP contribution < -0.4 is 16.0 Å². The van der Waals surface area contributed by atoms with Gasteiger partial charge in [-0.25, -0.2) is 4.39 Å². The third-order valence-corrected chi connectivity index (χ3v) is 4.63. The summed E-state index contributed by atoms with van der Waals surface area (Å²) in [6, 6.07) is 12.9. The Balaban J connectivity index is 1.67. The first kappa shape index (κ1) is 21.9. The number of aryl methyl sites for hydroxylation is 1. The van der Waals surface area contributed by atoms with E-state index in [0.29, 0.717) is 13.0 Å². The number of nitrogens with zero attached hydrogens (tertiary/aromatic N) is 1. The molecule has 0 spiro atoms. The minimum Gasteiger partial charge on any atom is -0.356 e. The van der Waals surface area contributed by atoms with Crippen LogP contribution in [0.1, 0.15) is 24.5 Å². The monoisotopic (exact) mass is 448 g/mol. The fourth-order valence-corrected chi connectivity index (χ4v) is 3.05. The molecule has 28 heavy (non-hydrogen) atoms. The lowest BCUT2D eigenvalue weighted by atomic mass is 10.1. The smallest absolute Gasteiger partial charge is 0.221 e. The predicted octanol–water partition coefficient (Wildman–Crippen LogP) is 3.89. The van der Waals surface area contributed by atoms with Gasteiger partial charge in [0.25, 0.3) is 0 Å². The zero-order chi connectivity index (χ0) is 20.4. The van der Waals surface area contributed by atoms with Gasteiger partial charge in [0.1, 0.15) is 5.82 Å². The number of carbonyl (C=O) groups excluding carboxylic acids is 1. The summed E-state index contributed by atoms with van der Waals surface area (Å²) in [6.07, 6.45) is 2.32. The first-order chi connectivity index (χ1) is 13.5. The number of amides is 1. The van der Waals surface area contributed by atoms with Crippen LogP contribution in [-0.2, 0) is 17.6 Å². The van der Waals surface area contributed by atoms with E-state index >= 15 is 0 Å². The van der Waals surface area contributed by atoms with Gasteiger partial charge >= 0.3 is 0 Å². The van der Waals surface area contributed by atoms with E-state index in [1.807, 2.05) is 36.4 Å². The summed E-state index contributed by atoms with van der Waals surface area (Å²) in [6.45, 7) is 2.94. The zero-order valence-corrected chi connectivity index (χ0v) is 17.8. The third-order valence-electron chi connectivity index (χ3n) is 4.13. The summed E-state index contributed by atoms with van der Waals surface area (Å²) in [5, 5.41) is 9.27. The van der Waals surface area contributed by atoms with Crippen LogP contribution in [0.4, 0.5) is 10.1 Å². The minimum absolute atomic E-state index is 0.0767. The fraction of sp³-hybridized carbons (Fsp3) is 0.333. The lowest BCUT2D eigenvalue weighted by molar-refractivity contribution is -0.114. The van der Waals surface area contributed by atoms with Gasteiger partial charge in [0.05, 0.1) is 0 Å². The van der Waals surface area contributed by atoms with E-state index in [-0.39, 0.29) is 11.7 Å². The molecule has 2 aromatic rings. The zero-order valence-electron chi connectivity index (χ0n) is 16.2.